The van der Waals surface area contributed by atoms with Gasteiger partial charge >= 0.3 is 0 Å². The molecular formula is C20H40O2. The molecule has 0 fully saturated rings. The van der Waals surface area contributed by atoms with Crippen molar-refractivity contribution in [2.45, 2.75) is 90.9 Å². The van der Waals surface area contributed by atoms with E-state index in [-0.39, 0.29) is 0 Å². The first kappa shape index (κ1) is 21.7. The molecule has 0 radical (unpaired) electrons. The van der Waals surface area contributed by atoms with Gasteiger partial charge in [-0.3, -0.25) is 0 Å². The van der Waals surface area contributed by atoms with Crippen molar-refractivity contribution < 1.29 is 9.47 Å². The van der Waals surface area contributed by atoms with Gasteiger partial charge in [-0.1, -0.05) is 90.2 Å². The molecular weight excluding hydrogens is 272 g/mol. The molecule has 0 bridgehead atoms. The predicted molar refractivity (Wildman–Crippen MR) is 97.5 cm³/mol. The first-order valence-electron chi connectivity index (χ1n) is 9.72. The van der Waals surface area contributed by atoms with Crippen molar-refractivity contribution in [3.8, 4) is 0 Å². The van der Waals surface area contributed by atoms with Crippen LogP contribution in [0.2, 0.25) is 0 Å². The quantitative estimate of drug-likeness (QED) is 0.218. The van der Waals surface area contributed by atoms with E-state index in [1.807, 2.05) is 0 Å². The van der Waals surface area contributed by atoms with Gasteiger partial charge in [0.15, 0.2) is 0 Å². The van der Waals surface area contributed by atoms with E-state index in [9.17, 15) is 0 Å². The predicted octanol–water partition coefficient (Wildman–Crippen LogP) is 6.30. The molecule has 0 aromatic rings. The molecule has 0 aliphatic carbocycles. The van der Waals surface area contributed by atoms with Crippen LogP contribution in [0.3, 0.4) is 0 Å². The second-order valence-electron chi connectivity index (χ2n) is 6.16. The second kappa shape index (κ2) is 20.7. The molecule has 0 N–H and O–H groups in total. The average Bonchev–Trinajstić information content (AvgIpc) is 2.54. The van der Waals surface area contributed by atoms with Gasteiger partial charge in [-0.05, 0) is 12.8 Å². The lowest BCUT2D eigenvalue weighted by atomic mass is 10.1. The summed E-state index contributed by atoms with van der Waals surface area (Å²) in [4.78, 5) is 0. The van der Waals surface area contributed by atoms with Crippen LogP contribution in [-0.2, 0) is 9.47 Å². The number of unbranched alkanes of at least 4 members (excludes halogenated alkanes) is 10. The largest absolute Gasteiger partial charge is 0.377 e. The fourth-order valence-electron chi connectivity index (χ4n) is 2.41. The Labute approximate surface area is 139 Å². The van der Waals surface area contributed by atoms with Gasteiger partial charge in [0, 0.05) is 13.2 Å². The van der Waals surface area contributed by atoms with Crippen LogP contribution in [0.4, 0.5) is 0 Å². The third-order valence-electron chi connectivity index (χ3n) is 3.88. The normalized spacial score (nSPS) is 11.5. The zero-order valence-corrected chi connectivity index (χ0v) is 15.3. The van der Waals surface area contributed by atoms with E-state index in [0.717, 1.165) is 26.4 Å². The van der Waals surface area contributed by atoms with E-state index in [4.69, 9.17) is 9.47 Å². The van der Waals surface area contributed by atoms with Crippen molar-refractivity contribution in [3.05, 3.63) is 12.2 Å². The molecule has 0 saturated heterocycles. The molecule has 2 heteroatoms. The van der Waals surface area contributed by atoms with Crippen molar-refractivity contribution >= 4 is 0 Å². The maximum absolute atomic E-state index is 5.58. The van der Waals surface area contributed by atoms with Gasteiger partial charge in [0.2, 0.25) is 0 Å². The summed E-state index contributed by atoms with van der Waals surface area (Å²) in [5.41, 5.74) is 0. The number of ether oxygens (including phenoxy) is 2. The van der Waals surface area contributed by atoms with Gasteiger partial charge in [-0.2, -0.15) is 0 Å². The monoisotopic (exact) mass is 312 g/mol. The topological polar surface area (TPSA) is 18.5 Å². The molecule has 0 aromatic carbocycles. The minimum absolute atomic E-state index is 0.731. The van der Waals surface area contributed by atoms with Gasteiger partial charge in [0.1, 0.15) is 0 Å². The second-order valence-corrected chi connectivity index (χ2v) is 6.16. The molecule has 22 heavy (non-hydrogen) atoms. The Kier molecular flexibility index (Phi) is 20.3. The molecule has 0 aromatic heterocycles. The van der Waals surface area contributed by atoms with Crippen molar-refractivity contribution in [2.75, 3.05) is 26.4 Å². The van der Waals surface area contributed by atoms with Crippen LogP contribution in [0.5, 0.6) is 0 Å². The van der Waals surface area contributed by atoms with Crippen LogP contribution in [0.1, 0.15) is 90.9 Å². The lowest BCUT2D eigenvalue weighted by molar-refractivity contribution is 0.149. The fourth-order valence-corrected chi connectivity index (χ4v) is 2.41. The lowest BCUT2D eigenvalue weighted by Crippen LogP contribution is -1.97. The van der Waals surface area contributed by atoms with Crippen LogP contribution in [0.25, 0.3) is 0 Å². The summed E-state index contributed by atoms with van der Waals surface area (Å²) < 4.78 is 11.2. The van der Waals surface area contributed by atoms with E-state index < -0.39 is 0 Å². The summed E-state index contributed by atoms with van der Waals surface area (Å²) in [5.74, 6) is 0. The Hall–Kier alpha value is -0.340. The highest BCUT2D eigenvalue weighted by Crippen LogP contribution is 2.05. The van der Waals surface area contributed by atoms with Crippen LogP contribution in [-0.4, -0.2) is 26.4 Å². The average molecular weight is 313 g/mol. The minimum Gasteiger partial charge on any atom is -0.377 e. The smallest absolute Gasteiger partial charge is 0.0648 e. The van der Waals surface area contributed by atoms with Gasteiger partial charge < -0.3 is 9.47 Å². The van der Waals surface area contributed by atoms with Crippen LogP contribution < -0.4 is 0 Å². The van der Waals surface area contributed by atoms with Gasteiger partial charge in [-0.15, -0.1) is 0 Å². The SMILES string of the molecule is CCCCCCCCOC/C=C\COCCCCCCCC. The van der Waals surface area contributed by atoms with E-state index in [1.54, 1.807) is 0 Å². The Bertz CT molecular complexity index is 192. The molecule has 132 valence electrons. The molecule has 0 heterocycles. The van der Waals surface area contributed by atoms with Crippen molar-refractivity contribution in [3.63, 3.8) is 0 Å². The first-order chi connectivity index (χ1) is 10.9. The Morgan fingerprint density at radius 2 is 0.864 bits per heavy atom. The summed E-state index contributed by atoms with van der Waals surface area (Å²) in [6.45, 7) is 7.77. The third kappa shape index (κ3) is 19.7. The van der Waals surface area contributed by atoms with Gasteiger partial charge in [0.25, 0.3) is 0 Å². The zero-order chi connectivity index (χ0) is 16.1. The molecule has 0 rings (SSSR count). The number of hydrogen-bond acceptors (Lipinski definition) is 2. The van der Waals surface area contributed by atoms with E-state index in [2.05, 4.69) is 26.0 Å². The summed E-state index contributed by atoms with van der Waals surface area (Å²) >= 11 is 0. The molecule has 2 nitrogen and oxygen atoms in total. The molecule has 0 spiro atoms. The van der Waals surface area contributed by atoms with Gasteiger partial charge in [-0.25, -0.2) is 0 Å². The fraction of sp³-hybridized carbons (Fsp3) is 0.900. The van der Waals surface area contributed by atoms with Crippen molar-refractivity contribution in [1.82, 2.24) is 0 Å². The van der Waals surface area contributed by atoms with Crippen molar-refractivity contribution in [2.24, 2.45) is 0 Å². The molecule has 0 saturated carbocycles. The zero-order valence-electron chi connectivity index (χ0n) is 15.3. The Morgan fingerprint density at radius 3 is 1.27 bits per heavy atom. The Morgan fingerprint density at radius 1 is 0.500 bits per heavy atom. The maximum atomic E-state index is 5.58. The third-order valence-corrected chi connectivity index (χ3v) is 3.88. The van der Waals surface area contributed by atoms with E-state index in [1.165, 1.54) is 77.0 Å². The minimum atomic E-state index is 0.731. The summed E-state index contributed by atoms with van der Waals surface area (Å²) in [5, 5.41) is 0. The molecule has 0 aliphatic heterocycles. The molecule has 0 amide bonds. The number of rotatable bonds is 18. The van der Waals surface area contributed by atoms with Crippen molar-refractivity contribution in [1.29, 1.82) is 0 Å². The van der Waals surface area contributed by atoms with Crippen LogP contribution in [0.15, 0.2) is 12.2 Å². The number of hydrogen-bond donors (Lipinski definition) is 0. The first-order valence-corrected chi connectivity index (χ1v) is 9.72. The summed E-state index contributed by atoms with van der Waals surface area (Å²) in [6.07, 6.45) is 20.1. The highest BCUT2D eigenvalue weighted by Gasteiger charge is 1.91. The molecule has 0 atom stereocenters. The standard InChI is InChI=1S/C20H40O2/c1-3-5-7-9-11-13-17-21-19-15-16-20-22-18-14-12-10-8-6-4-2/h15-16H,3-14,17-20H2,1-2H3/b16-15-. The highest BCUT2D eigenvalue weighted by molar-refractivity contribution is 4.81. The van der Waals surface area contributed by atoms with Gasteiger partial charge in [0.05, 0.1) is 13.2 Å². The molecule has 0 aliphatic rings. The summed E-state index contributed by atoms with van der Waals surface area (Å²) in [7, 11) is 0. The lowest BCUT2D eigenvalue weighted by Gasteiger charge is -2.02. The Balaban J connectivity index is 3.03. The van der Waals surface area contributed by atoms with E-state index in [0.29, 0.717) is 0 Å². The molecule has 0 unspecified atom stereocenters. The van der Waals surface area contributed by atoms with Crippen LogP contribution >= 0.6 is 0 Å². The van der Waals surface area contributed by atoms with E-state index >= 15 is 0 Å². The maximum Gasteiger partial charge on any atom is 0.0648 e. The summed E-state index contributed by atoms with van der Waals surface area (Å²) in [6, 6.07) is 0. The highest BCUT2D eigenvalue weighted by atomic mass is 16.5. The van der Waals surface area contributed by atoms with Crippen LogP contribution in [0, 0.1) is 0 Å².